The van der Waals surface area contributed by atoms with E-state index in [4.69, 9.17) is 0 Å². The number of nitrogens with zero attached hydrogens (tertiary/aromatic N) is 2. The zero-order valence-electron chi connectivity index (χ0n) is 14.7. The summed E-state index contributed by atoms with van der Waals surface area (Å²) < 4.78 is 4.39. The van der Waals surface area contributed by atoms with Gasteiger partial charge in [-0.2, -0.15) is 0 Å². The lowest BCUT2D eigenvalue weighted by atomic mass is 10.0. The minimum Gasteiger partial charge on any atom is -0.201 e. The van der Waals surface area contributed by atoms with E-state index in [1.165, 1.54) is 22.3 Å². The van der Waals surface area contributed by atoms with Gasteiger partial charge in [-0.25, -0.2) is 9.13 Å². The van der Waals surface area contributed by atoms with Crippen LogP contribution < -0.4 is 9.13 Å². The Morgan fingerprint density at radius 1 is 0.423 bits per heavy atom. The summed E-state index contributed by atoms with van der Waals surface area (Å²) in [6, 6.07) is 29.9. The van der Waals surface area contributed by atoms with Gasteiger partial charge in [0, 0.05) is 35.4 Å². The molecule has 0 saturated heterocycles. The van der Waals surface area contributed by atoms with E-state index in [-0.39, 0.29) is 0 Å². The van der Waals surface area contributed by atoms with Crippen LogP contribution in [0.3, 0.4) is 0 Å². The molecule has 2 nitrogen and oxygen atoms in total. The van der Waals surface area contributed by atoms with Gasteiger partial charge in [-0.3, -0.25) is 0 Å². The Balaban J connectivity index is 1.45. The molecule has 2 aromatic carbocycles. The molecule has 0 atom stereocenters. The number of benzene rings is 2. The molecule has 0 unspecified atom stereocenters. The van der Waals surface area contributed by atoms with Crippen LogP contribution in [0.1, 0.15) is 11.1 Å². The normalized spacial score (nSPS) is 10.6. The van der Waals surface area contributed by atoms with Crippen molar-refractivity contribution in [3.63, 3.8) is 0 Å². The summed E-state index contributed by atoms with van der Waals surface area (Å²) in [5, 5.41) is 0. The molecule has 126 valence electrons. The molecule has 0 fully saturated rings. The van der Waals surface area contributed by atoms with Gasteiger partial charge in [-0.05, 0) is 11.1 Å². The first-order chi connectivity index (χ1) is 12.9. The molecule has 0 aliphatic heterocycles. The third-order valence-electron chi connectivity index (χ3n) is 4.53. The predicted octanol–water partition coefficient (Wildman–Crippen LogP) is 4.03. The summed E-state index contributed by atoms with van der Waals surface area (Å²) in [6.45, 7) is 1.79. The molecule has 0 radical (unpaired) electrons. The SMILES string of the molecule is c1ccc(C[n+]2ccc(-c3ccc(C[n+]4ccccc4)cc3)cc2)cc1. The zero-order chi connectivity index (χ0) is 17.6. The van der Waals surface area contributed by atoms with Gasteiger partial charge < -0.3 is 0 Å². The molecule has 4 aromatic rings. The van der Waals surface area contributed by atoms with Crippen molar-refractivity contribution in [3.8, 4) is 11.1 Å². The van der Waals surface area contributed by atoms with Crippen molar-refractivity contribution in [3.05, 3.63) is 121 Å². The quantitative estimate of drug-likeness (QED) is 0.486. The zero-order valence-corrected chi connectivity index (χ0v) is 14.7. The number of hydrogen-bond donors (Lipinski definition) is 0. The van der Waals surface area contributed by atoms with Crippen LogP contribution in [-0.2, 0) is 13.1 Å². The van der Waals surface area contributed by atoms with Crippen molar-refractivity contribution in [2.75, 3.05) is 0 Å². The van der Waals surface area contributed by atoms with Crippen molar-refractivity contribution < 1.29 is 9.13 Å². The molecule has 2 heteroatoms. The Labute approximate surface area is 154 Å². The summed E-state index contributed by atoms with van der Waals surface area (Å²) in [7, 11) is 0. The molecule has 26 heavy (non-hydrogen) atoms. The molecule has 0 saturated carbocycles. The van der Waals surface area contributed by atoms with E-state index in [0.717, 1.165) is 13.1 Å². The summed E-state index contributed by atoms with van der Waals surface area (Å²) in [4.78, 5) is 0. The fourth-order valence-electron chi connectivity index (χ4n) is 3.10. The van der Waals surface area contributed by atoms with E-state index >= 15 is 0 Å². The fraction of sp³-hybridized carbons (Fsp3) is 0.0833. The summed E-state index contributed by atoms with van der Waals surface area (Å²) in [5.74, 6) is 0. The van der Waals surface area contributed by atoms with Gasteiger partial charge in [0.25, 0.3) is 0 Å². The topological polar surface area (TPSA) is 7.76 Å². The standard InChI is InChI=1S/C24H22N2/c1-3-7-21(8-4-1)19-26-17-13-24(14-18-26)23-11-9-22(10-12-23)20-25-15-5-2-6-16-25/h1-18H,19-20H2/q+2. The van der Waals surface area contributed by atoms with Crippen LogP contribution >= 0.6 is 0 Å². The minimum absolute atomic E-state index is 0.896. The highest BCUT2D eigenvalue weighted by Crippen LogP contribution is 2.18. The van der Waals surface area contributed by atoms with Crippen LogP contribution in [0, 0.1) is 0 Å². The first-order valence-corrected chi connectivity index (χ1v) is 8.93. The second kappa shape index (κ2) is 7.75. The average Bonchev–Trinajstić information content (AvgIpc) is 2.71. The van der Waals surface area contributed by atoms with Crippen LogP contribution in [0.15, 0.2) is 110 Å². The van der Waals surface area contributed by atoms with E-state index < -0.39 is 0 Å². The maximum atomic E-state index is 2.21. The lowest BCUT2D eigenvalue weighted by Gasteiger charge is -2.03. The van der Waals surface area contributed by atoms with Crippen LogP contribution in [0.2, 0.25) is 0 Å². The van der Waals surface area contributed by atoms with E-state index in [1.54, 1.807) is 0 Å². The van der Waals surface area contributed by atoms with Crippen molar-refractivity contribution in [2.24, 2.45) is 0 Å². The fourth-order valence-corrected chi connectivity index (χ4v) is 3.10. The van der Waals surface area contributed by atoms with Crippen molar-refractivity contribution >= 4 is 0 Å². The molecule has 0 amide bonds. The molecule has 0 bridgehead atoms. The first-order valence-electron chi connectivity index (χ1n) is 8.93. The molecule has 0 aliphatic carbocycles. The predicted molar refractivity (Wildman–Crippen MR) is 103 cm³/mol. The molecular weight excluding hydrogens is 316 g/mol. The van der Waals surface area contributed by atoms with Crippen molar-refractivity contribution in [2.45, 2.75) is 13.1 Å². The van der Waals surface area contributed by atoms with Gasteiger partial charge in [0.05, 0.1) is 0 Å². The van der Waals surface area contributed by atoms with Crippen LogP contribution in [-0.4, -0.2) is 0 Å². The number of hydrogen-bond acceptors (Lipinski definition) is 0. The Bertz CT molecular complexity index is 861. The molecular formula is C24H22N2+2. The third kappa shape index (κ3) is 4.04. The number of rotatable bonds is 5. The van der Waals surface area contributed by atoms with Gasteiger partial charge >= 0.3 is 0 Å². The van der Waals surface area contributed by atoms with Gasteiger partial charge in [0.1, 0.15) is 0 Å². The van der Waals surface area contributed by atoms with Gasteiger partial charge in [0.2, 0.25) is 0 Å². The maximum absolute atomic E-state index is 2.21. The van der Waals surface area contributed by atoms with Gasteiger partial charge in [-0.1, -0.05) is 60.7 Å². The highest BCUT2D eigenvalue weighted by molar-refractivity contribution is 5.62. The van der Waals surface area contributed by atoms with E-state index in [9.17, 15) is 0 Å². The Morgan fingerprint density at radius 2 is 0.923 bits per heavy atom. The molecule has 0 aliphatic rings. The summed E-state index contributed by atoms with van der Waals surface area (Å²) in [5.41, 5.74) is 5.11. The Hall–Kier alpha value is -3.26. The third-order valence-corrected chi connectivity index (χ3v) is 4.53. The van der Waals surface area contributed by atoms with Crippen LogP contribution in [0.4, 0.5) is 0 Å². The highest BCUT2D eigenvalue weighted by Gasteiger charge is 2.06. The molecule has 4 rings (SSSR count). The van der Waals surface area contributed by atoms with Crippen molar-refractivity contribution in [1.82, 2.24) is 0 Å². The van der Waals surface area contributed by atoms with Crippen LogP contribution in [0.25, 0.3) is 11.1 Å². The maximum Gasteiger partial charge on any atom is 0.173 e. The monoisotopic (exact) mass is 338 g/mol. The summed E-state index contributed by atoms with van der Waals surface area (Å²) >= 11 is 0. The van der Waals surface area contributed by atoms with Gasteiger partial charge in [0.15, 0.2) is 37.9 Å². The average molecular weight is 338 g/mol. The Kier molecular flexibility index (Phi) is 4.83. The second-order valence-corrected chi connectivity index (χ2v) is 6.49. The number of aromatic nitrogens is 2. The molecule has 2 heterocycles. The highest BCUT2D eigenvalue weighted by atomic mass is 14.9. The minimum atomic E-state index is 0.896. The molecule has 2 aromatic heterocycles. The summed E-state index contributed by atoms with van der Waals surface area (Å²) in [6.07, 6.45) is 8.49. The first kappa shape index (κ1) is 16.2. The lowest BCUT2D eigenvalue weighted by molar-refractivity contribution is -0.688. The smallest absolute Gasteiger partial charge is 0.173 e. The van der Waals surface area contributed by atoms with Gasteiger partial charge in [-0.15, -0.1) is 0 Å². The Morgan fingerprint density at radius 3 is 1.58 bits per heavy atom. The lowest BCUT2D eigenvalue weighted by Crippen LogP contribution is -2.33. The molecule has 0 N–H and O–H groups in total. The number of pyridine rings is 2. The second-order valence-electron chi connectivity index (χ2n) is 6.49. The van der Waals surface area contributed by atoms with E-state index in [0.29, 0.717) is 0 Å². The van der Waals surface area contributed by atoms with Crippen LogP contribution in [0.5, 0.6) is 0 Å². The van der Waals surface area contributed by atoms with E-state index in [2.05, 4.69) is 113 Å². The largest absolute Gasteiger partial charge is 0.201 e. The van der Waals surface area contributed by atoms with Crippen molar-refractivity contribution in [1.29, 1.82) is 0 Å². The molecule has 0 spiro atoms. The van der Waals surface area contributed by atoms with E-state index in [1.807, 2.05) is 6.07 Å².